The van der Waals surface area contributed by atoms with Crippen LogP contribution in [-0.2, 0) is 13.1 Å². The number of anilines is 1. The number of benzene rings is 1. The van der Waals surface area contributed by atoms with Crippen LogP contribution in [0.3, 0.4) is 0 Å². The number of amides is 2. The molecule has 2 aliphatic rings. The van der Waals surface area contributed by atoms with Crippen molar-refractivity contribution in [2.75, 3.05) is 37.6 Å². The molecule has 38 heavy (non-hydrogen) atoms. The molecule has 3 aromatic heterocycles. The molecule has 0 N–H and O–H groups in total. The maximum Gasteiger partial charge on any atom is 0.274 e. The molecule has 0 saturated carbocycles. The van der Waals surface area contributed by atoms with Gasteiger partial charge < -0.3 is 14.7 Å². The lowest BCUT2D eigenvalue weighted by Gasteiger charge is -2.35. The molecule has 0 atom stereocenters. The van der Waals surface area contributed by atoms with Gasteiger partial charge in [-0.05, 0) is 36.8 Å². The highest BCUT2D eigenvalue weighted by Gasteiger charge is 2.29. The third-order valence-electron chi connectivity index (χ3n) is 7.21. The SMILES string of the molecule is Cc1cccc(N2CCN(C(=O)c3cc4n(n3)CCN(C(=O)c3ccncc3-c3ccccc3)C4)CC2)n1. The molecule has 6 rings (SSSR count). The van der Waals surface area contributed by atoms with E-state index in [1.807, 2.05) is 76.0 Å². The van der Waals surface area contributed by atoms with E-state index in [0.29, 0.717) is 44.0 Å². The second kappa shape index (κ2) is 10.1. The zero-order chi connectivity index (χ0) is 26.1. The van der Waals surface area contributed by atoms with Gasteiger partial charge in [0.05, 0.1) is 24.3 Å². The number of carbonyl (C=O) groups excluding carboxylic acids is 2. The zero-order valence-corrected chi connectivity index (χ0v) is 21.3. The van der Waals surface area contributed by atoms with Gasteiger partial charge in [-0.25, -0.2) is 4.98 Å². The summed E-state index contributed by atoms with van der Waals surface area (Å²) < 4.78 is 1.86. The predicted molar refractivity (Wildman–Crippen MR) is 144 cm³/mol. The molecule has 1 saturated heterocycles. The van der Waals surface area contributed by atoms with E-state index in [2.05, 4.69) is 20.0 Å². The van der Waals surface area contributed by atoms with E-state index in [0.717, 1.165) is 41.4 Å². The summed E-state index contributed by atoms with van der Waals surface area (Å²) in [5.74, 6) is 0.832. The van der Waals surface area contributed by atoms with E-state index in [4.69, 9.17) is 0 Å². The summed E-state index contributed by atoms with van der Waals surface area (Å²) in [7, 11) is 0. The summed E-state index contributed by atoms with van der Waals surface area (Å²) in [6, 6.07) is 19.4. The van der Waals surface area contributed by atoms with Crippen molar-refractivity contribution in [1.82, 2.24) is 29.5 Å². The van der Waals surface area contributed by atoms with Gasteiger partial charge in [-0.2, -0.15) is 5.10 Å². The van der Waals surface area contributed by atoms with E-state index >= 15 is 0 Å². The lowest BCUT2D eigenvalue weighted by molar-refractivity contribution is 0.0701. The highest BCUT2D eigenvalue weighted by molar-refractivity contribution is 6.00. The molecule has 2 amide bonds. The predicted octanol–water partition coefficient (Wildman–Crippen LogP) is 3.27. The molecule has 0 unspecified atom stereocenters. The minimum Gasteiger partial charge on any atom is -0.353 e. The lowest BCUT2D eigenvalue weighted by atomic mass is 10.0. The molecule has 0 bridgehead atoms. The van der Waals surface area contributed by atoms with Gasteiger partial charge in [0.15, 0.2) is 5.69 Å². The fraction of sp³-hybridized carbons (Fsp3) is 0.276. The van der Waals surface area contributed by atoms with Gasteiger partial charge in [0, 0.05) is 56.4 Å². The fourth-order valence-electron chi connectivity index (χ4n) is 5.15. The van der Waals surface area contributed by atoms with Crippen LogP contribution < -0.4 is 4.90 Å². The summed E-state index contributed by atoms with van der Waals surface area (Å²) in [5, 5.41) is 4.60. The van der Waals surface area contributed by atoms with Crippen molar-refractivity contribution in [2.45, 2.75) is 20.0 Å². The van der Waals surface area contributed by atoms with Gasteiger partial charge in [0.2, 0.25) is 0 Å². The first-order valence-corrected chi connectivity index (χ1v) is 12.9. The number of fused-ring (bicyclic) bond motifs is 1. The molecular formula is C29H29N7O2. The summed E-state index contributed by atoms with van der Waals surface area (Å²) in [6.07, 6.45) is 3.39. The van der Waals surface area contributed by atoms with Crippen molar-refractivity contribution in [3.8, 4) is 11.1 Å². The molecule has 0 spiro atoms. The van der Waals surface area contributed by atoms with Crippen LogP contribution in [0.4, 0.5) is 5.82 Å². The Hall–Kier alpha value is -4.53. The Labute approximate surface area is 221 Å². The monoisotopic (exact) mass is 507 g/mol. The highest BCUT2D eigenvalue weighted by Crippen LogP contribution is 2.25. The topological polar surface area (TPSA) is 87.5 Å². The number of rotatable bonds is 4. The first-order chi connectivity index (χ1) is 18.6. The Bertz CT molecular complexity index is 1480. The van der Waals surface area contributed by atoms with Gasteiger partial charge in [-0.15, -0.1) is 0 Å². The van der Waals surface area contributed by atoms with Gasteiger partial charge >= 0.3 is 0 Å². The second-order valence-electron chi connectivity index (χ2n) is 9.67. The molecule has 4 aromatic rings. The van der Waals surface area contributed by atoms with Gasteiger partial charge in [0.25, 0.3) is 11.8 Å². The summed E-state index contributed by atoms with van der Waals surface area (Å²) in [6.45, 7) is 6.16. The van der Waals surface area contributed by atoms with Crippen LogP contribution in [0.15, 0.2) is 73.1 Å². The van der Waals surface area contributed by atoms with Gasteiger partial charge in [-0.1, -0.05) is 36.4 Å². The zero-order valence-electron chi connectivity index (χ0n) is 21.3. The maximum atomic E-state index is 13.5. The second-order valence-corrected chi connectivity index (χ2v) is 9.67. The number of aryl methyl sites for hydroxylation is 1. The molecule has 0 radical (unpaired) electrons. The Kier molecular flexibility index (Phi) is 6.33. The van der Waals surface area contributed by atoms with Crippen LogP contribution in [0.25, 0.3) is 11.1 Å². The van der Waals surface area contributed by atoms with E-state index in [1.165, 1.54) is 0 Å². The Morgan fingerprint density at radius 1 is 0.816 bits per heavy atom. The van der Waals surface area contributed by atoms with Gasteiger partial charge in [0.1, 0.15) is 5.82 Å². The van der Waals surface area contributed by atoms with Crippen molar-refractivity contribution in [2.24, 2.45) is 0 Å². The Morgan fingerprint density at radius 3 is 2.39 bits per heavy atom. The third kappa shape index (κ3) is 4.63. The number of aromatic nitrogens is 4. The number of carbonyl (C=O) groups is 2. The molecule has 192 valence electrons. The smallest absolute Gasteiger partial charge is 0.274 e. The van der Waals surface area contributed by atoms with Crippen molar-refractivity contribution in [3.05, 3.63) is 95.7 Å². The maximum absolute atomic E-state index is 13.5. The van der Waals surface area contributed by atoms with Gasteiger partial charge in [-0.3, -0.25) is 19.3 Å². The van der Waals surface area contributed by atoms with E-state index in [9.17, 15) is 9.59 Å². The first-order valence-electron chi connectivity index (χ1n) is 12.9. The van der Waals surface area contributed by atoms with E-state index in [-0.39, 0.29) is 11.8 Å². The van der Waals surface area contributed by atoms with Crippen molar-refractivity contribution in [1.29, 1.82) is 0 Å². The minimum absolute atomic E-state index is 0.0486. The number of hydrogen-bond acceptors (Lipinski definition) is 6. The van der Waals surface area contributed by atoms with E-state index in [1.54, 1.807) is 18.5 Å². The molecule has 0 aliphatic carbocycles. The minimum atomic E-state index is -0.0675. The van der Waals surface area contributed by atoms with Crippen molar-refractivity contribution < 1.29 is 9.59 Å². The van der Waals surface area contributed by atoms with Crippen LogP contribution in [0, 0.1) is 6.92 Å². The van der Waals surface area contributed by atoms with Crippen LogP contribution in [0.2, 0.25) is 0 Å². The molecule has 9 nitrogen and oxygen atoms in total. The van der Waals surface area contributed by atoms with Crippen molar-refractivity contribution >= 4 is 17.6 Å². The molecule has 1 aromatic carbocycles. The van der Waals surface area contributed by atoms with Crippen LogP contribution in [-0.4, -0.2) is 74.1 Å². The summed E-state index contributed by atoms with van der Waals surface area (Å²) in [4.78, 5) is 41.6. The van der Waals surface area contributed by atoms with E-state index < -0.39 is 0 Å². The molecular weight excluding hydrogens is 478 g/mol. The molecule has 2 aliphatic heterocycles. The van der Waals surface area contributed by atoms with Crippen LogP contribution in [0.1, 0.15) is 32.2 Å². The Morgan fingerprint density at radius 2 is 1.61 bits per heavy atom. The first kappa shape index (κ1) is 23.8. The normalized spacial score (nSPS) is 15.3. The standard InChI is InChI=1S/C29H29N7O2/c1-21-6-5-9-27(31-21)33-12-14-34(15-13-33)29(38)26-18-23-20-35(16-17-36(23)32-26)28(37)24-10-11-30-19-25(24)22-7-3-2-4-8-22/h2-11,18-19H,12-17,20H2,1H3. The molecule has 9 heteroatoms. The Balaban J connectivity index is 1.14. The number of piperazine rings is 1. The van der Waals surface area contributed by atoms with Crippen molar-refractivity contribution in [3.63, 3.8) is 0 Å². The average Bonchev–Trinajstić information content (AvgIpc) is 3.40. The molecule has 1 fully saturated rings. The third-order valence-corrected chi connectivity index (χ3v) is 7.21. The van der Waals surface area contributed by atoms with Crippen LogP contribution >= 0.6 is 0 Å². The average molecular weight is 508 g/mol. The lowest BCUT2D eigenvalue weighted by Crippen LogP contribution is -2.49. The molecule has 5 heterocycles. The summed E-state index contributed by atoms with van der Waals surface area (Å²) >= 11 is 0. The quantitative estimate of drug-likeness (QED) is 0.421. The number of pyridine rings is 2. The fourth-order valence-corrected chi connectivity index (χ4v) is 5.15. The number of hydrogen-bond donors (Lipinski definition) is 0. The van der Waals surface area contributed by atoms with Crippen LogP contribution in [0.5, 0.6) is 0 Å². The summed E-state index contributed by atoms with van der Waals surface area (Å²) in [5.41, 5.74) is 4.68. The largest absolute Gasteiger partial charge is 0.353 e. The highest BCUT2D eigenvalue weighted by atomic mass is 16.2. The number of nitrogens with zero attached hydrogens (tertiary/aromatic N) is 7.